The molecule has 17 heavy (non-hydrogen) atoms. The Kier molecular flexibility index (Phi) is 5.92. The Labute approximate surface area is 108 Å². The van der Waals surface area contributed by atoms with E-state index in [9.17, 15) is 0 Å². The van der Waals surface area contributed by atoms with Gasteiger partial charge < -0.3 is 4.74 Å². The topological polar surface area (TPSA) is 47.3 Å². The van der Waals surface area contributed by atoms with Gasteiger partial charge in [0.05, 0.1) is 12.7 Å². The molecule has 1 rings (SSSR count). The maximum atomic E-state index is 6.18. The molecule has 3 nitrogen and oxygen atoms in total. The molecular formula is C13H21ClN2O. The van der Waals surface area contributed by atoms with Crippen LogP contribution < -0.4 is 11.3 Å². The summed E-state index contributed by atoms with van der Waals surface area (Å²) in [5, 5.41) is 0.787. The molecule has 0 bridgehead atoms. The molecule has 1 aromatic carbocycles. The average Bonchev–Trinajstić information content (AvgIpc) is 2.26. The highest BCUT2D eigenvalue weighted by atomic mass is 35.5. The predicted molar refractivity (Wildman–Crippen MR) is 72.1 cm³/mol. The molecule has 1 atom stereocenters. The molecule has 0 amide bonds. The molecule has 0 radical (unpaired) electrons. The summed E-state index contributed by atoms with van der Waals surface area (Å²) in [5.74, 6) is 5.51. The fraction of sp³-hybridized carbons (Fsp3) is 0.538. The van der Waals surface area contributed by atoms with Crippen LogP contribution >= 0.6 is 11.6 Å². The quantitative estimate of drug-likeness (QED) is 0.607. The first-order valence-corrected chi connectivity index (χ1v) is 6.23. The molecule has 0 aliphatic rings. The molecule has 0 saturated heterocycles. The van der Waals surface area contributed by atoms with E-state index in [1.165, 1.54) is 0 Å². The number of ether oxygens (including phenoxy) is 1. The summed E-state index contributed by atoms with van der Waals surface area (Å²) < 4.78 is 5.55. The lowest BCUT2D eigenvalue weighted by molar-refractivity contribution is 0.0613. The van der Waals surface area contributed by atoms with Crippen molar-refractivity contribution in [2.24, 2.45) is 5.84 Å². The lowest BCUT2D eigenvalue weighted by atomic mass is 10.1. The monoisotopic (exact) mass is 256 g/mol. The van der Waals surface area contributed by atoms with Gasteiger partial charge in [-0.15, -0.1) is 0 Å². The van der Waals surface area contributed by atoms with Crippen molar-refractivity contribution < 1.29 is 4.74 Å². The third-order valence-electron chi connectivity index (χ3n) is 2.54. The Morgan fingerprint density at radius 3 is 2.65 bits per heavy atom. The number of nitrogens with two attached hydrogens (primary N) is 1. The second-order valence-electron chi connectivity index (χ2n) is 4.54. The van der Waals surface area contributed by atoms with Gasteiger partial charge in [0.1, 0.15) is 0 Å². The molecule has 1 unspecified atom stereocenters. The molecule has 4 heteroatoms. The van der Waals surface area contributed by atoms with Crippen LogP contribution in [0.5, 0.6) is 0 Å². The molecule has 1 aromatic rings. The zero-order valence-electron chi connectivity index (χ0n) is 10.7. The molecule has 3 N–H and O–H groups in total. The number of benzene rings is 1. The minimum Gasteiger partial charge on any atom is -0.377 e. The summed E-state index contributed by atoms with van der Waals surface area (Å²) in [4.78, 5) is 0. The fourth-order valence-corrected chi connectivity index (χ4v) is 1.87. The van der Waals surface area contributed by atoms with Crippen molar-refractivity contribution in [3.05, 3.63) is 34.3 Å². The summed E-state index contributed by atoms with van der Waals surface area (Å²) in [7, 11) is 0. The number of rotatable bonds is 6. The van der Waals surface area contributed by atoms with Crippen LogP contribution in [-0.2, 0) is 11.2 Å². The molecule has 0 aromatic heterocycles. The van der Waals surface area contributed by atoms with E-state index in [0.29, 0.717) is 6.61 Å². The Morgan fingerprint density at radius 2 is 2.12 bits per heavy atom. The Balaban J connectivity index is 2.60. The van der Waals surface area contributed by atoms with E-state index in [-0.39, 0.29) is 12.1 Å². The number of aryl methyl sites for hydroxylation is 1. The zero-order chi connectivity index (χ0) is 12.8. The first-order valence-electron chi connectivity index (χ1n) is 5.85. The molecule has 0 aliphatic heterocycles. The number of hydrogen-bond donors (Lipinski definition) is 2. The van der Waals surface area contributed by atoms with Gasteiger partial charge in [-0.3, -0.25) is 11.3 Å². The maximum absolute atomic E-state index is 6.18. The van der Waals surface area contributed by atoms with Gasteiger partial charge in [-0.2, -0.15) is 0 Å². The molecule has 0 spiro atoms. The molecular weight excluding hydrogens is 236 g/mol. The minimum absolute atomic E-state index is 0.0811. The standard InChI is InChI=1S/C13H21ClN2O/c1-9(2)17-8-12(16-15)7-11-5-4-10(3)6-13(11)14/h4-6,9,12,16H,7-8,15H2,1-3H3. The maximum Gasteiger partial charge on any atom is 0.0639 e. The van der Waals surface area contributed by atoms with Gasteiger partial charge in [0.2, 0.25) is 0 Å². The van der Waals surface area contributed by atoms with Crippen LogP contribution in [0.1, 0.15) is 25.0 Å². The van der Waals surface area contributed by atoms with E-state index in [4.69, 9.17) is 22.2 Å². The summed E-state index contributed by atoms with van der Waals surface area (Å²) in [6.45, 7) is 6.62. The molecule has 0 saturated carbocycles. The Morgan fingerprint density at radius 1 is 1.41 bits per heavy atom. The van der Waals surface area contributed by atoms with E-state index in [0.717, 1.165) is 22.6 Å². The van der Waals surface area contributed by atoms with Crippen molar-refractivity contribution in [3.8, 4) is 0 Å². The van der Waals surface area contributed by atoms with Gasteiger partial charge in [0.25, 0.3) is 0 Å². The molecule has 0 fully saturated rings. The number of halogens is 1. The number of hydrogen-bond acceptors (Lipinski definition) is 3. The molecule has 96 valence electrons. The third kappa shape index (κ3) is 5.04. The lowest BCUT2D eigenvalue weighted by Gasteiger charge is -2.18. The van der Waals surface area contributed by atoms with Crippen LogP contribution in [-0.4, -0.2) is 18.8 Å². The molecule has 0 heterocycles. The number of hydrazine groups is 1. The van der Waals surface area contributed by atoms with E-state index in [1.807, 2.05) is 32.9 Å². The van der Waals surface area contributed by atoms with E-state index < -0.39 is 0 Å². The highest BCUT2D eigenvalue weighted by Gasteiger charge is 2.11. The van der Waals surface area contributed by atoms with Crippen molar-refractivity contribution in [2.45, 2.75) is 39.3 Å². The SMILES string of the molecule is Cc1ccc(CC(COC(C)C)NN)c(Cl)c1. The Bertz CT molecular complexity index is 355. The summed E-state index contributed by atoms with van der Waals surface area (Å²) in [5.41, 5.74) is 5.02. The van der Waals surface area contributed by atoms with Crippen molar-refractivity contribution in [1.29, 1.82) is 0 Å². The number of nitrogens with one attached hydrogen (secondary N) is 1. The summed E-state index contributed by atoms with van der Waals surface area (Å²) in [6, 6.07) is 6.14. The second-order valence-corrected chi connectivity index (χ2v) is 4.95. The Hall–Kier alpha value is -0.610. The smallest absolute Gasteiger partial charge is 0.0639 e. The highest BCUT2D eigenvalue weighted by Crippen LogP contribution is 2.19. The minimum atomic E-state index is 0.0811. The molecule has 0 aliphatic carbocycles. The van der Waals surface area contributed by atoms with Crippen LogP contribution in [0.4, 0.5) is 0 Å². The normalized spacial score (nSPS) is 13.1. The van der Waals surface area contributed by atoms with Crippen molar-refractivity contribution in [3.63, 3.8) is 0 Å². The zero-order valence-corrected chi connectivity index (χ0v) is 11.4. The first-order chi connectivity index (χ1) is 8.02. The van der Waals surface area contributed by atoms with Crippen molar-refractivity contribution >= 4 is 11.6 Å². The van der Waals surface area contributed by atoms with Crippen LogP contribution in [0.15, 0.2) is 18.2 Å². The van der Waals surface area contributed by atoms with Gasteiger partial charge in [0.15, 0.2) is 0 Å². The largest absolute Gasteiger partial charge is 0.377 e. The van der Waals surface area contributed by atoms with Crippen LogP contribution in [0.25, 0.3) is 0 Å². The van der Waals surface area contributed by atoms with Gasteiger partial charge in [-0.05, 0) is 44.4 Å². The van der Waals surface area contributed by atoms with Gasteiger partial charge in [0, 0.05) is 11.1 Å². The summed E-state index contributed by atoms with van der Waals surface area (Å²) >= 11 is 6.18. The van der Waals surface area contributed by atoms with Crippen LogP contribution in [0.3, 0.4) is 0 Å². The van der Waals surface area contributed by atoms with Gasteiger partial charge in [-0.25, -0.2) is 0 Å². The lowest BCUT2D eigenvalue weighted by Crippen LogP contribution is -2.40. The van der Waals surface area contributed by atoms with E-state index >= 15 is 0 Å². The highest BCUT2D eigenvalue weighted by molar-refractivity contribution is 6.31. The first kappa shape index (κ1) is 14.5. The average molecular weight is 257 g/mol. The van der Waals surface area contributed by atoms with E-state index in [1.54, 1.807) is 0 Å². The second kappa shape index (κ2) is 6.97. The van der Waals surface area contributed by atoms with E-state index in [2.05, 4.69) is 11.5 Å². The fourth-order valence-electron chi connectivity index (χ4n) is 1.56. The van der Waals surface area contributed by atoms with Crippen LogP contribution in [0, 0.1) is 6.92 Å². The van der Waals surface area contributed by atoms with Crippen LogP contribution in [0.2, 0.25) is 5.02 Å². The van der Waals surface area contributed by atoms with Crippen molar-refractivity contribution in [1.82, 2.24) is 5.43 Å². The predicted octanol–water partition coefficient (Wildman–Crippen LogP) is 2.45. The van der Waals surface area contributed by atoms with Crippen molar-refractivity contribution in [2.75, 3.05) is 6.61 Å². The van der Waals surface area contributed by atoms with Gasteiger partial charge in [-0.1, -0.05) is 23.7 Å². The third-order valence-corrected chi connectivity index (χ3v) is 2.89. The van der Waals surface area contributed by atoms with Gasteiger partial charge >= 0.3 is 0 Å². The summed E-state index contributed by atoms with van der Waals surface area (Å²) in [6.07, 6.45) is 0.974.